The van der Waals surface area contributed by atoms with Gasteiger partial charge in [0.2, 0.25) is 0 Å². The van der Waals surface area contributed by atoms with Crippen LogP contribution in [0.4, 0.5) is 0 Å². The van der Waals surface area contributed by atoms with Crippen LogP contribution in [0.25, 0.3) is 0 Å². The minimum atomic E-state index is -0.278. The molecule has 0 atom stereocenters. The van der Waals surface area contributed by atoms with Crippen LogP contribution in [0.5, 0.6) is 0 Å². The molecule has 0 aliphatic rings. The van der Waals surface area contributed by atoms with Gasteiger partial charge in [0, 0.05) is 12.4 Å². The Morgan fingerprint density at radius 3 is 2.72 bits per heavy atom. The van der Waals surface area contributed by atoms with Crippen LogP contribution in [0.3, 0.4) is 0 Å². The first kappa shape index (κ1) is 14.6. The fourth-order valence-electron chi connectivity index (χ4n) is 1.45. The van der Waals surface area contributed by atoms with Gasteiger partial charge < -0.3 is 10.1 Å². The molecule has 0 radical (unpaired) electrons. The Hall–Kier alpha value is -1.42. The van der Waals surface area contributed by atoms with E-state index >= 15 is 0 Å². The van der Waals surface area contributed by atoms with E-state index in [0.717, 1.165) is 25.4 Å². The molecule has 1 heterocycles. The van der Waals surface area contributed by atoms with Crippen molar-refractivity contribution in [1.82, 2.24) is 10.3 Å². The minimum Gasteiger partial charge on any atom is -0.462 e. The number of nitrogens with one attached hydrogen (secondary N) is 1. The number of aromatic nitrogens is 1. The zero-order valence-corrected chi connectivity index (χ0v) is 11.2. The molecule has 4 heteroatoms. The SMILES string of the molecule is CC(C)CCNCCCOC(=O)c1ccncc1. The van der Waals surface area contributed by atoms with Crippen molar-refractivity contribution in [3.8, 4) is 0 Å². The highest BCUT2D eigenvalue weighted by Gasteiger charge is 2.05. The van der Waals surface area contributed by atoms with Crippen molar-refractivity contribution in [2.75, 3.05) is 19.7 Å². The van der Waals surface area contributed by atoms with Crippen molar-refractivity contribution in [2.45, 2.75) is 26.7 Å². The summed E-state index contributed by atoms with van der Waals surface area (Å²) in [4.78, 5) is 15.4. The topological polar surface area (TPSA) is 51.2 Å². The predicted molar refractivity (Wildman–Crippen MR) is 71.5 cm³/mol. The molecule has 0 aliphatic carbocycles. The van der Waals surface area contributed by atoms with E-state index in [1.165, 1.54) is 6.42 Å². The fourth-order valence-corrected chi connectivity index (χ4v) is 1.45. The lowest BCUT2D eigenvalue weighted by Gasteiger charge is -2.07. The third-order valence-electron chi connectivity index (χ3n) is 2.55. The molecule has 0 unspecified atom stereocenters. The molecule has 0 fully saturated rings. The molecule has 0 spiro atoms. The summed E-state index contributed by atoms with van der Waals surface area (Å²) in [6, 6.07) is 3.31. The van der Waals surface area contributed by atoms with Crippen LogP contribution in [0.1, 0.15) is 37.0 Å². The Morgan fingerprint density at radius 1 is 1.33 bits per heavy atom. The number of rotatable bonds is 8. The van der Waals surface area contributed by atoms with Crippen LogP contribution in [-0.4, -0.2) is 30.6 Å². The zero-order chi connectivity index (χ0) is 13.2. The van der Waals surface area contributed by atoms with E-state index < -0.39 is 0 Å². The molecule has 1 aromatic heterocycles. The molecule has 18 heavy (non-hydrogen) atoms. The van der Waals surface area contributed by atoms with E-state index in [4.69, 9.17) is 4.74 Å². The Balaban J connectivity index is 2.03. The van der Waals surface area contributed by atoms with Crippen LogP contribution < -0.4 is 5.32 Å². The molecule has 100 valence electrons. The second-order valence-corrected chi connectivity index (χ2v) is 4.66. The first-order valence-corrected chi connectivity index (χ1v) is 6.48. The smallest absolute Gasteiger partial charge is 0.338 e. The van der Waals surface area contributed by atoms with E-state index in [2.05, 4.69) is 24.1 Å². The second kappa shape index (κ2) is 8.64. The molecule has 0 saturated heterocycles. The summed E-state index contributed by atoms with van der Waals surface area (Å²) in [7, 11) is 0. The lowest BCUT2D eigenvalue weighted by molar-refractivity contribution is 0.0500. The molecule has 0 aromatic carbocycles. The maximum Gasteiger partial charge on any atom is 0.338 e. The number of nitrogens with zero attached hydrogens (tertiary/aromatic N) is 1. The van der Waals surface area contributed by atoms with Gasteiger partial charge in [0.25, 0.3) is 0 Å². The summed E-state index contributed by atoms with van der Waals surface area (Å²) in [6.45, 7) is 6.78. The third kappa shape index (κ3) is 6.35. The quantitative estimate of drug-likeness (QED) is 0.568. The molecule has 1 aromatic rings. The van der Waals surface area contributed by atoms with E-state index in [-0.39, 0.29) is 5.97 Å². The van der Waals surface area contributed by atoms with Gasteiger partial charge >= 0.3 is 5.97 Å². The van der Waals surface area contributed by atoms with Crippen molar-refractivity contribution in [3.05, 3.63) is 30.1 Å². The average Bonchev–Trinajstić information content (AvgIpc) is 2.38. The van der Waals surface area contributed by atoms with Crippen LogP contribution in [0, 0.1) is 5.92 Å². The molecule has 4 nitrogen and oxygen atoms in total. The first-order valence-electron chi connectivity index (χ1n) is 6.48. The number of esters is 1. The lowest BCUT2D eigenvalue weighted by atomic mass is 10.1. The number of hydrogen-bond acceptors (Lipinski definition) is 4. The van der Waals surface area contributed by atoms with Crippen molar-refractivity contribution in [3.63, 3.8) is 0 Å². The highest BCUT2D eigenvalue weighted by molar-refractivity contribution is 5.89. The van der Waals surface area contributed by atoms with Gasteiger partial charge in [0.05, 0.1) is 12.2 Å². The number of ether oxygens (including phenoxy) is 1. The lowest BCUT2D eigenvalue weighted by Crippen LogP contribution is -2.20. The molecular weight excluding hydrogens is 228 g/mol. The standard InChI is InChI=1S/C14H22N2O2/c1-12(2)4-8-15-7-3-11-18-14(17)13-5-9-16-10-6-13/h5-6,9-10,12,15H,3-4,7-8,11H2,1-2H3. The van der Waals surface area contributed by atoms with Gasteiger partial charge in [0.1, 0.15) is 0 Å². The molecule has 0 bridgehead atoms. The molecular formula is C14H22N2O2. The van der Waals surface area contributed by atoms with Gasteiger partial charge in [-0.3, -0.25) is 4.98 Å². The molecule has 1 N–H and O–H groups in total. The van der Waals surface area contributed by atoms with Gasteiger partial charge in [-0.25, -0.2) is 4.79 Å². The number of carbonyl (C=O) groups is 1. The monoisotopic (exact) mass is 250 g/mol. The predicted octanol–water partition coefficient (Wildman–Crippen LogP) is 2.26. The summed E-state index contributed by atoms with van der Waals surface area (Å²) in [5, 5.41) is 3.33. The van der Waals surface area contributed by atoms with Gasteiger partial charge in [-0.2, -0.15) is 0 Å². The molecule has 0 amide bonds. The van der Waals surface area contributed by atoms with Crippen molar-refractivity contribution >= 4 is 5.97 Å². The normalized spacial score (nSPS) is 10.6. The number of carbonyl (C=O) groups excluding carboxylic acids is 1. The summed E-state index contributed by atoms with van der Waals surface area (Å²) >= 11 is 0. The number of hydrogen-bond donors (Lipinski definition) is 1. The minimum absolute atomic E-state index is 0.278. The van der Waals surface area contributed by atoms with Crippen LogP contribution in [0.15, 0.2) is 24.5 Å². The summed E-state index contributed by atoms with van der Waals surface area (Å²) in [5.74, 6) is 0.446. The largest absolute Gasteiger partial charge is 0.462 e. The molecule has 1 rings (SSSR count). The van der Waals surface area contributed by atoms with E-state index in [9.17, 15) is 4.79 Å². The average molecular weight is 250 g/mol. The van der Waals surface area contributed by atoms with E-state index in [1.807, 2.05) is 0 Å². The fraction of sp³-hybridized carbons (Fsp3) is 0.571. The Kier molecular flexibility index (Phi) is 7.03. The van der Waals surface area contributed by atoms with Crippen LogP contribution in [0.2, 0.25) is 0 Å². The van der Waals surface area contributed by atoms with Gasteiger partial charge in [-0.15, -0.1) is 0 Å². The van der Waals surface area contributed by atoms with Gasteiger partial charge in [-0.05, 0) is 44.0 Å². The Morgan fingerprint density at radius 2 is 2.06 bits per heavy atom. The Bertz CT molecular complexity index is 339. The maximum atomic E-state index is 11.6. The number of pyridine rings is 1. The maximum absolute atomic E-state index is 11.6. The summed E-state index contributed by atoms with van der Waals surface area (Å²) in [6.07, 6.45) is 5.19. The van der Waals surface area contributed by atoms with Crippen LogP contribution in [-0.2, 0) is 4.74 Å². The van der Waals surface area contributed by atoms with E-state index in [0.29, 0.717) is 12.2 Å². The van der Waals surface area contributed by atoms with Crippen molar-refractivity contribution in [2.24, 2.45) is 5.92 Å². The Labute approximate surface area is 109 Å². The second-order valence-electron chi connectivity index (χ2n) is 4.66. The van der Waals surface area contributed by atoms with Crippen molar-refractivity contribution < 1.29 is 9.53 Å². The van der Waals surface area contributed by atoms with Crippen LogP contribution >= 0.6 is 0 Å². The molecule has 0 aliphatic heterocycles. The zero-order valence-electron chi connectivity index (χ0n) is 11.2. The third-order valence-corrected chi connectivity index (χ3v) is 2.55. The molecule has 0 saturated carbocycles. The summed E-state index contributed by atoms with van der Waals surface area (Å²) in [5.41, 5.74) is 0.553. The van der Waals surface area contributed by atoms with Gasteiger partial charge in [-0.1, -0.05) is 13.8 Å². The highest BCUT2D eigenvalue weighted by Crippen LogP contribution is 2.00. The highest BCUT2D eigenvalue weighted by atomic mass is 16.5. The van der Waals surface area contributed by atoms with Crippen molar-refractivity contribution in [1.29, 1.82) is 0 Å². The summed E-state index contributed by atoms with van der Waals surface area (Å²) < 4.78 is 5.15. The first-order chi connectivity index (χ1) is 8.70. The van der Waals surface area contributed by atoms with E-state index in [1.54, 1.807) is 24.5 Å². The van der Waals surface area contributed by atoms with Gasteiger partial charge in [0.15, 0.2) is 0 Å².